The van der Waals surface area contributed by atoms with E-state index in [9.17, 15) is 23.2 Å². The van der Waals surface area contributed by atoms with Gasteiger partial charge in [0.25, 0.3) is 5.91 Å². The van der Waals surface area contributed by atoms with E-state index in [4.69, 9.17) is 0 Å². The molecule has 2 aromatic carbocycles. The standard InChI is InChI=1S/C20H16F3N3O/c1-25-10-17-15(19(25)27)5-12(6-18(17)20(21,22)23)8-26-9-14-4-2-3-13(7-24)16(14)11-26/h2-6H,8-11H2,1H3. The fraction of sp³-hybridized carbons (Fsp3) is 0.300. The zero-order valence-corrected chi connectivity index (χ0v) is 14.6. The van der Waals surface area contributed by atoms with Crippen molar-refractivity contribution in [3.05, 3.63) is 69.3 Å². The minimum Gasteiger partial charge on any atom is -0.337 e. The normalized spacial score (nSPS) is 16.4. The smallest absolute Gasteiger partial charge is 0.337 e. The van der Waals surface area contributed by atoms with Crippen molar-refractivity contribution in [3.8, 4) is 6.07 Å². The number of halogens is 3. The quantitative estimate of drug-likeness (QED) is 0.809. The zero-order chi connectivity index (χ0) is 19.3. The Bertz CT molecular complexity index is 991. The first-order valence-corrected chi connectivity index (χ1v) is 8.49. The summed E-state index contributed by atoms with van der Waals surface area (Å²) < 4.78 is 40.6. The molecule has 138 valence electrons. The minimum absolute atomic E-state index is 0.0238. The Balaban J connectivity index is 1.67. The van der Waals surface area contributed by atoms with Gasteiger partial charge in [0.15, 0.2) is 0 Å². The molecule has 0 saturated heterocycles. The molecule has 0 aliphatic carbocycles. The predicted octanol–water partition coefficient (Wildman–Crippen LogP) is 3.68. The fourth-order valence-electron chi connectivity index (χ4n) is 3.92. The van der Waals surface area contributed by atoms with E-state index in [0.717, 1.165) is 17.2 Å². The van der Waals surface area contributed by atoms with E-state index in [1.165, 1.54) is 11.9 Å². The van der Waals surface area contributed by atoms with Crippen molar-refractivity contribution in [2.24, 2.45) is 0 Å². The van der Waals surface area contributed by atoms with Gasteiger partial charge in [-0.05, 0) is 40.5 Å². The molecule has 0 bridgehead atoms. The van der Waals surface area contributed by atoms with E-state index < -0.39 is 11.7 Å². The van der Waals surface area contributed by atoms with Crippen LogP contribution < -0.4 is 0 Å². The van der Waals surface area contributed by atoms with Gasteiger partial charge in [-0.25, -0.2) is 0 Å². The number of nitriles is 1. The van der Waals surface area contributed by atoms with Crippen LogP contribution >= 0.6 is 0 Å². The number of hydrogen-bond donors (Lipinski definition) is 0. The van der Waals surface area contributed by atoms with Crippen LogP contribution in [0.4, 0.5) is 13.2 Å². The maximum absolute atomic E-state index is 13.5. The number of carbonyl (C=O) groups is 1. The molecule has 0 saturated carbocycles. The molecular formula is C20H16F3N3O. The van der Waals surface area contributed by atoms with Gasteiger partial charge in [0.1, 0.15) is 0 Å². The molecule has 0 atom stereocenters. The predicted molar refractivity (Wildman–Crippen MR) is 91.3 cm³/mol. The molecule has 4 nitrogen and oxygen atoms in total. The second-order valence-electron chi connectivity index (χ2n) is 7.03. The van der Waals surface area contributed by atoms with Crippen molar-refractivity contribution in [2.75, 3.05) is 7.05 Å². The molecule has 2 aliphatic rings. The number of nitrogens with zero attached hydrogens (tertiary/aromatic N) is 3. The van der Waals surface area contributed by atoms with Crippen LogP contribution in [0, 0.1) is 11.3 Å². The Morgan fingerprint density at radius 2 is 1.93 bits per heavy atom. The van der Waals surface area contributed by atoms with Gasteiger partial charge < -0.3 is 4.90 Å². The Morgan fingerprint density at radius 3 is 2.63 bits per heavy atom. The van der Waals surface area contributed by atoms with Gasteiger partial charge in [0.2, 0.25) is 0 Å². The van der Waals surface area contributed by atoms with E-state index >= 15 is 0 Å². The summed E-state index contributed by atoms with van der Waals surface area (Å²) in [6, 6.07) is 10.4. The molecule has 2 aliphatic heterocycles. The first kappa shape index (κ1) is 17.6. The third-order valence-electron chi connectivity index (χ3n) is 5.16. The molecule has 1 amide bonds. The molecule has 7 heteroatoms. The molecule has 2 heterocycles. The number of benzene rings is 2. The Labute approximate surface area is 154 Å². The first-order valence-electron chi connectivity index (χ1n) is 8.49. The monoisotopic (exact) mass is 371 g/mol. The molecular weight excluding hydrogens is 355 g/mol. The second-order valence-corrected chi connectivity index (χ2v) is 7.03. The molecule has 0 radical (unpaired) electrons. The first-order chi connectivity index (χ1) is 12.8. The molecule has 2 aromatic rings. The third-order valence-corrected chi connectivity index (χ3v) is 5.16. The van der Waals surface area contributed by atoms with Crippen LogP contribution in [0.15, 0.2) is 30.3 Å². The minimum atomic E-state index is -4.51. The fourth-order valence-corrected chi connectivity index (χ4v) is 3.92. The van der Waals surface area contributed by atoms with Gasteiger partial charge in [-0.3, -0.25) is 9.69 Å². The molecule has 0 N–H and O–H groups in total. The highest BCUT2D eigenvalue weighted by atomic mass is 19.4. The van der Waals surface area contributed by atoms with Gasteiger partial charge in [-0.1, -0.05) is 12.1 Å². The molecule has 0 unspecified atom stereocenters. The van der Waals surface area contributed by atoms with Crippen LogP contribution in [0.2, 0.25) is 0 Å². The van der Waals surface area contributed by atoms with Crippen molar-refractivity contribution in [3.63, 3.8) is 0 Å². The maximum Gasteiger partial charge on any atom is 0.416 e. The van der Waals surface area contributed by atoms with Crippen molar-refractivity contribution >= 4 is 5.91 Å². The Morgan fingerprint density at radius 1 is 1.15 bits per heavy atom. The van der Waals surface area contributed by atoms with Crippen molar-refractivity contribution in [1.82, 2.24) is 9.80 Å². The van der Waals surface area contributed by atoms with Crippen molar-refractivity contribution in [1.29, 1.82) is 5.26 Å². The third kappa shape index (κ3) is 2.96. The largest absolute Gasteiger partial charge is 0.416 e. The van der Waals surface area contributed by atoms with Crippen LogP contribution in [-0.4, -0.2) is 22.8 Å². The van der Waals surface area contributed by atoms with Gasteiger partial charge in [0, 0.05) is 38.8 Å². The van der Waals surface area contributed by atoms with Gasteiger partial charge in [-0.15, -0.1) is 0 Å². The van der Waals surface area contributed by atoms with Gasteiger partial charge >= 0.3 is 6.18 Å². The molecule has 0 fully saturated rings. The number of rotatable bonds is 2. The van der Waals surface area contributed by atoms with Crippen LogP contribution in [0.25, 0.3) is 0 Å². The summed E-state index contributed by atoms with van der Waals surface area (Å²) >= 11 is 0. The van der Waals surface area contributed by atoms with Crippen LogP contribution in [0.5, 0.6) is 0 Å². The summed E-state index contributed by atoms with van der Waals surface area (Å²) in [7, 11) is 1.50. The highest BCUT2D eigenvalue weighted by molar-refractivity contribution is 5.98. The van der Waals surface area contributed by atoms with Crippen molar-refractivity contribution < 1.29 is 18.0 Å². The van der Waals surface area contributed by atoms with E-state index in [1.54, 1.807) is 12.1 Å². The zero-order valence-electron chi connectivity index (χ0n) is 14.6. The number of amides is 1. The lowest BCUT2D eigenvalue weighted by Crippen LogP contribution is -2.18. The van der Waals surface area contributed by atoms with Crippen molar-refractivity contribution in [2.45, 2.75) is 32.4 Å². The summed E-state index contributed by atoms with van der Waals surface area (Å²) in [4.78, 5) is 15.5. The van der Waals surface area contributed by atoms with Gasteiger partial charge in [-0.2, -0.15) is 18.4 Å². The average molecular weight is 371 g/mol. The van der Waals surface area contributed by atoms with E-state index in [1.807, 2.05) is 17.0 Å². The lowest BCUT2D eigenvalue weighted by Gasteiger charge is -2.18. The highest BCUT2D eigenvalue weighted by Crippen LogP contribution is 2.38. The topological polar surface area (TPSA) is 47.3 Å². The molecule has 4 rings (SSSR count). The van der Waals surface area contributed by atoms with E-state index in [-0.39, 0.29) is 30.1 Å². The second kappa shape index (κ2) is 6.10. The summed E-state index contributed by atoms with van der Waals surface area (Å²) in [5.41, 5.74) is 2.44. The molecule has 0 spiro atoms. The Hall–Kier alpha value is -2.85. The van der Waals surface area contributed by atoms with Crippen LogP contribution in [-0.2, 0) is 32.4 Å². The summed E-state index contributed by atoms with van der Waals surface area (Å²) in [6.07, 6.45) is -4.51. The SMILES string of the molecule is CN1Cc2c(cc(CN3Cc4cccc(C#N)c4C3)cc2C(F)(F)F)C1=O. The van der Waals surface area contributed by atoms with E-state index in [2.05, 4.69) is 6.07 Å². The highest BCUT2D eigenvalue weighted by Gasteiger charge is 2.39. The lowest BCUT2D eigenvalue weighted by atomic mass is 9.98. The number of carbonyl (C=O) groups excluding carboxylic acids is 1. The number of fused-ring (bicyclic) bond motifs is 2. The van der Waals surface area contributed by atoms with Gasteiger partial charge in [0.05, 0.1) is 17.2 Å². The average Bonchev–Trinajstić information content (AvgIpc) is 3.14. The van der Waals surface area contributed by atoms with Crippen LogP contribution in [0.1, 0.15) is 43.7 Å². The lowest BCUT2D eigenvalue weighted by molar-refractivity contribution is -0.138. The Kier molecular flexibility index (Phi) is 3.97. The summed E-state index contributed by atoms with van der Waals surface area (Å²) in [5.74, 6) is -0.381. The summed E-state index contributed by atoms with van der Waals surface area (Å²) in [5, 5.41) is 9.23. The molecule has 27 heavy (non-hydrogen) atoms. The summed E-state index contributed by atoms with van der Waals surface area (Å²) in [6.45, 7) is 1.33. The maximum atomic E-state index is 13.5. The molecule has 0 aromatic heterocycles. The van der Waals surface area contributed by atoms with Crippen LogP contribution in [0.3, 0.4) is 0 Å². The number of alkyl halides is 3. The van der Waals surface area contributed by atoms with E-state index in [0.29, 0.717) is 24.2 Å². The number of hydrogen-bond acceptors (Lipinski definition) is 3.